The molecule has 152 valence electrons. The van der Waals surface area contributed by atoms with Gasteiger partial charge in [-0.2, -0.15) is 0 Å². The Morgan fingerprint density at radius 3 is 2.17 bits per heavy atom. The van der Waals surface area contributed by atoms with Crippen molar-refractivity contribution in [2.24, 2.45) is 5.41 Å². The summed E-state index contributed by atoms with van der Waals surface area (Å²) >= 11 is 0. The summed E-state index contributed by atoms with van der Waals surface area (Å²) in [6.45, 7) is 2.61. The molecule has 1 heterocycles. The molecule has 1 fully saturated rings. The molecule has 0 radical (unpaired) electrons. The number of hydrogen-bond acceptors (Lipinski definition) is 3. The summed E-state index contributed by atoms with van der Waals surface area (Å²) in [4.78, 5) is 26.5. The van der Waals surface area contributed by atoms with Crippen LogP contribution >= 0.6 is 0 Å². The van der Waals surface area contributed by atoms with Crippen LogP contribution in [0.5, 0.6) is 0 Å². The molecule has 29 heavy (non-hydrogen) atoms. The highest BCUT2D eigenvalue weighted by Gasteiger charge is 2.36. The number of carbonyl (C=O) groups is 2. The number of benzene rings is 2. The molecule has 0 bridgehead atoms. The van der Waals surface area contributed by atoms with Crippen molar-refractivity contribution >= 4 is 17.9 Å². The number of piperidine rings is 1. The number of hydrogen-bond donors (Lipinski definition) is 2. The molecule has 5 nitrogen and oxygen atoms in total. The lowest BCUT2D eigenvalue weighted by molar-refractivity contribution is -0.131. The minimum absolute atomic E-state index is 0.0995. The van der Waals surface area contributed by atoms with Crippen molar-refractivity contribution in [3.63, 3.8) is 0 Å². The van der Waals surface area contributed by atoms with E-state index < -0.39 is 0 Å². The maximum absolute atomic E-state index is 13.1. The van der Waals surface area contributed by atoms with E-state index in [1.807, 2.05) is 48.5 Å². The second kappa shape index (κ2) is 9.52. The Balaban J connectivity index is 1.71. The minimum atomic E-state index is -0.272. The Labute approximate surface area is 172 Å². The first-order valence-electron chi connectivity index (χ1n) is 10.00. The third-order valence-corrected chi connectivity index (χ3v) is 5.52. The van der Waals surface area contributed by atoms with Gasteiger partial charge in [-0.3, -0.25) is 9.59 Å². The summed E-state index contributed by atoms with van der Waals surface area (Å²) in [7, 11) is 0. The molecule has 2 amide bonds. The molecular weight excluding hydrogens is 364 g/mol. The van der Waals surface area contributed by atoms with E-state index in [9.17, 15) is 14.7 Å². The lowest BCUT2D eigenvalue weighted by atomic mass is 9.74. The SMILES string of the molecule is CC(=O)N/C(=C\c1ccccc1)C(=O)N1CCC(CO)(Cc2ccccc2)CC1. The van der Waals surface area contributed by atoms with Crippen LogP contribution in [0.15, 0.2) is 66.4 Å². The summed E-state index contributed by atoms with van der Waals surface area (Å²) in [6, 6.07) is 19.6. The van der Waals surface area contributed by atoms with Crippen molar-refractivity contribution in [1.29, 1.82) is 0 Å². The molecule has 0 aromatic heterocycles. The van der Waals surface area contributed by atoms with Crippen molar-refractivity contribution in [2.75, 3.05) is 19.7 Å². The number of aliphatic hydroxyl groups is 1. The monoisotopic (exact) mass is 392 g/mol. The summed E-state index contributed by atoms with van der Waals surface area (Å²) in [5.74, 6) is -0.457. The van der Waals surface area contributed by atoms with Crippen LogP contribution in [0.1, 0.15) is 30.9 Å². The van der Waals surface area contributed by atoms with Gasteiger partial charge in [0.05, 0.1) is 0 Å². The minimum Gasteiger partial charge on any atom is -0.396 e. The third-order valence-electron chi connectivity index (χ3n) is 5.52. The van der Waals surface area contributed by atoms with Crippen molar-refractivity contribution in [2.45, 2.75) is 26.2 Å². The first kappa shape index (κ1) is 20.8. The highest BCUT2D eigenvalue weighted by atomic mass is 16.3. The van der Waals surface area contributed by atoms with Gasteiger partial charge in [-0.15, -0.1) is 0 Å². The van der Waals surface area contributed by atoms with Crippen LogP contribution in [0.25, 0.3) is 6.08 Å². The summed E-state index contributed by atoms with van der Waals surface area (Å²) in [5, 5.41) is 12.8. The Kier molecular flexibility index (Phi) is 6.83. The van der Waals surface area contributed by atoms with E-state index in [0.29, 0.717) is 13.1 Å². The zero-order chi connectivity index (χ0) is 20.7. The van der Waals surface area contributed by atoms with E-state index in [2.05, 4.69) is 17.4 Å². The predicted molar refractivity (Wildman–Crippen MR) is 114 cm³/mol. The lowest BCUT2D eigenvalue weighted by Crippen LogP contribution is -2.47. The molecule has 5 heteroatoms. The van der Waals surface area contributed by atoms with Crippen molar-refractivity contribution in [1.82, 2.24) is 10.2 Å². The number of nitrogens with one attached hydrogen (secondary N) is 1. The second-order valence-electron chi connectivity index (χ2n) is 7.76. The summed E-state index contributed by atoms with van der Waals surface area (Å²) < 4.78 is 0. The van der Waals surface area contributed by atoms with E-state index in [1.165, 1.54) is 12.5 Å². The quantitative estimate of drug-likeness (QED) is 0.743. The predicted octanol–water partition coefficient (Wildman–Crippen LogP) is 3.01. The number of rotatable bonds is 6. The van der Waals surface area contributed by atoms with Gasteiger partial charge < -0.3 is 15.3 Å². The van der Waals surface area contributed by atoms with Gasteiger partial charge in [0.1, 0.15) is 5.70 Å². The molecule has 0 unspecified atom stereocenters. The van der Waals surface area contributed by atoms with Gasteiger partial charge in [0.25, 0.3) is 5.91 Å². The van der Waals surface area contributed by atoms with E-state index in [0.717, 1.165) is 24.8 Å². The van der Waals surface area contributed by atoms with Crippen LogP contribution in [-0.4, -0.2) is 41.5 Å². The van der Waals surface area contributed by atoms with Crippen molar-refractivity contribution < 1.29 is 14.7 Å². The van der Waals surface area contributed by atoms with Crippen LogP contribution in [0.3, 0.4) is 0 Å². The average molecular weight is 392 g/mol. The van der Waals surface area contributed by atoms with Crippen LogP contribution in [0, 0.1) is 5.41 Å². The maximum atomic E-state index is 13.1. The van der Waals surface area contributed by atoms with E-state index >= 15 is 0 Å². The standard InChI is InChI=1S/C24H28N2O3/c1-19(28)25-22(16-20-8-4-2-5-9-20)23(29)26-14-12-24(18-27,13-15-26)17-21-10-6-3-7-11-21/h2-11,16,27H,12-15,17-18H2,1H3,(H,25,28)/b22-16-. The summed E-state index contributed by atoms with van der Waals surface area (Å²) in [6.07, 6.45) is 3.96. The fourth-order valence-electron chi connectivity index (χ4n) is 3.83. The Morgan fingerprint density at radius 1 is 1.03 bits per heavy atom. The van der Waals surface area contributed by atoms with Gasteiger partial charge in [0, 0.05) is 32.0 Å². The van der Waals surface area contributed by atoms with Crippen LogP contribution in [0.4, 0.5) is 0 Å². The average Bonchev–Trinajstić information content (AvgIpc) is 2.74. The topological polar surface area (TPSA) is 69.6 Å². The van der Waals surface area contributed by atoms with Gasteiger partial charge in [0.15, 0.2) is 0 Å². The molecule has 2 aromatic carbocycles. The fourth-order valence-corrected chi connectivity index (χ4v) is 3.83. The van der Waals surface area contributed by atoms with Crippen molar-refractivity contribution in [3.8, 4) is 0 Å². The molecule has 1 aliphatic rings. The van der Waals surface area contributed by atoms with E-state index in [4.69, 9.17) is 0 Å². The molecule has 1 saturated heterocycles. The third kappa shape index (κ3) is 5.55. The molecule has 0 saturated carbocycles. The van der Waals surface area contributed by atoms with E-state index in [-0.39, 0.29) is 29.5 Å². The Hall–Kier alpha value is -2.92. The van der Waals surface area contributed by atoms with Gasteiger partial charge >= 0.3 is 0 Å². The number of nitrogens with zero attached hydrogens (tertiary/aromatic N) is 1. The highest BCUT2D eigenvalue weighted by molar-refractivity contribution is 6.01. The zero-order valence-corrected chi connectivity index (χ0v) is 16.8. The number of likely N-dealkylation sites (tertiary alicyclic amines) is 1. The van der Waals surface area contributed by atoms with Crippen LogP contribution in [0.2, 0.25) is 0 Å². The zero-order valence-electron chi connectivity index (χ0n) is 16.8. The summed E-state index contributed by atoms with van der Waals surface area (Å²) in [5.41, 5.74) is 2.12. The Morgan fingerprint density at radius 2 is 1.62 bits per heavy atom. The molecule has 0 atom stereocenters. The fraction of sp³-hybridized carbons (Fsp3) is 0.333. The second-order valence-corrected chi connectivity index (χ2v) is 7.76. The lowest BCUT2D eigenvalue weighted by Gasteiger charge is -2.41. The van der Waals surface area contributed by atoms with Gasteiger partial charge in [-0.1, -0.05) is 60.7 Å². The van der Waals surface area contributed by atoms with Crippen LogP contribution < -0.4 is 5.32 Å². The van der Waals surface area contributed by atoms with Gasteiger partial charge in [-0.25, -0.2) is 0 Å². The van der Waals surface area contributed by atoms with E-state index in [1.54, 1.807) is 11.0 Å². The van der Waals surface area contributed by atoms with Gasteiger partial charge in [-0.05, 0) is 36.5 Å². The molecule has 0 spiro atoms. The largest absolute Gasteiger partial charge is 0.396 e. The molecule has 2 aromatic rings. The Bertz CT molecular complexity index is 854. The molecular formula is C24H28N2O3. The highest BCUT2D eigenvalue weighted by Crippen LogP contribution is 2.35. The molecule has 2 N–H and O–H groups in total. The normalized spacial score (nSPS) is 16.3. The van der Waals surface area contributed by atoms with Crippen molar-refractivity contribution in [3.05, 3.63) is 77.5 Å². The number of aliphatic hydroxyl groups excluding tert-OH is 1. The molecule has 1 aliphatic heterocycles. The first-order valence-corrected chi connectivity index (χ1v) is 10.00. The molecule has 0 aliphatic carbocycles. The first-order chi connectivity index (χ1) is 14.0. The van der Waals surface area contributed by atoms with Crippen LogP contribution in [-0.2, 0) is 16.0 Å². The number of amides is 2. The smallest absolute Gasteiger partial charge is 0.270 e. The number of carbonyl (C=O) groups excluding carboxylic acids is 2. The van der Waals surface area contributed by atoms with Gasteiger partial charge in [0.2, 0.25) is 5.91 Å². The molecule has 3 rings (SSSR count). The maximum Gasteiger partial charge on any atom is 0.270 e.